The standard InChI is InChI=1S/C12H22N4O3S/c1-9-11(8-13-2)12(16-15-9)20(17,18)14-7-10-5-3-4-6-19-10/h10,13-14H,3-8H2,1-2H3,(H,15,16). The van der Waals surface area contributed by atoms with E-state index in [0.29, 0.717) is 25.3 Å². The van der Waals surface area contributed by atoms with Gasteiger partial charge in [-0.25, -0.2) is 13.1 Å². The van der Waals surface area contributed by atoms with E-state index in [4.69, 9.17) is 4.74 Å². The smallest absolute Gasteiger partial charge is 0.260 e. The lowest BCUT2D eigenvalue weighted by molar-refractivity contribution is 0.0200. The maximum atomic E-state index is 12.3. The van der Waals surface area contributed by atoms with Crippen molar-refractivity contribution < 1.29 is 13.2 Å². The number of sulfonamides is 1. The third-order valence-electron chi connectivity index (χ3n) is 3.42. The van der Waals surface area contributed by atoms with Crippen molar-refractivity contribution in [2.45, 2.75) is 43.9 Å². The van der Waals surface area contributed by atoms with Gasteiger partial charge in [0.1, 0.15) is 0 Å². The molecule has 1 fully saturated rings. The van der Waals surface area contributed by atoms with Crippen LogP contribution in [0.4, 0.5) is 0 Å². The first kappa shape index (κ1) is 15.4. The summed E-state index contributed by atoms with van der Waals surface area (Å²) in [6.07, 6.45) is 2.99. The van der Waals surface area contributed by atoms with Gasteiger partial charge in [-0.1, -0.05) is 0 Å². The highest BCUT2D eigenvalue weighted by Crippen LogP contribution is 2.17. The van der Waals surface area contributed by atoms with Crippen molar-refractivity contribution in [2.75, 3.05) is 20.2 Å². The molecule has 0 radical (unpaired) electrons. The van der Waals surface area contributed by atoms with Crippen molar-refractivity contribution in [2.24, 2.45) is 0 Å². The van der Waals surface area contributed by atoms with Crippen molar-refractivity contribution in [3.63, 3.8) is 0 Å². The molecule has 0 saturated carbocycles. The minimum Gasteiger partial charge on any atom is -0.377 e. The van der Waals surface area contributed by atoms with Gasteiger partial charge >= 0.3 is 0 Å². The summed E-state index contributed by atoms with van der Waals surface area (Å²) in [6.45, 7) is 3.27. The van der Waals surface area contributed by atoms with E-state index in [1.54, 1.807) is 7.05 Å². The molecule has 1 saturated heterocycles. The lowest BCUT2D eigenvalue weighted by Crippen LogP contribution is -2.36. The van der Waals surface area contributed by atoms with Crippen molar-refractivity contribution in [3.05, 3.63) is 11.3 Å². The SMILES string of the molecule is CNCc1c(S(=O)(=O)NCC2CCCCO2)n[nH]c1C. The molecule has 3 N–H and O–H groups in total. The van der Waals surface area contributed by atoms with E-state index in [2.05, 4.69) is 20.2 Å². The second kappa shape index (κ2) is 6.66. The zero-order chi connectivity index (χ0) is 14.6. The molecule has 0 bridgehead atoms. The quantitative estimate of drug-likeness (QED) is 0.701. The van der Waals surface area contributed by atoms with Crippen molar-refractivity contribution in [1.29, 1.82) is 0 Å². The highest BCUT2D eigenvalue weighted by Gasteiger charge is 2.25. The van der Waals surface area contributed by atoms with Crippen molar-refractivity contribution in [3.8, 4) is 0 Å². The molecule has 1 aliphatic rings. The van der Waals surface area contributed by atoms with Crippen LogP contribution in [-0.4, -0.2) is 44.9 Å². The average Bonchev–Trinajstić information content (AvgIpc) is 2.81. The van der Waals surface area contributed by atoms with Crippen LogP contribution in [-0.2, 0) is 21.3 Å². The van der Waals surface area contributed by atoms with Crippen LogP contribution in [0.25, 0.3) is 0 Å². The Morgan fingerprint density at radius 2 is 2.25 bits per heavy atom. The van der Waals surface area contributed by atoms with E-state index in [1.165, 1.54) is 0 Å². The second-order valence-electron chi connectivity index (χ2n) is 5.00. The summed E-state index contributed by atoms with van der Waals surface area (Å²) in [5.74, 6) is 0. The molecule has 1 aromatic heterocycles. The molecule has 114 valence electrons. The maximum absolute atomic E-state index is 12.3. The van der Waals surface area contributed by atoms with Crippen molar-refractivity contribution in [1.82, 2.24) is 20.2 Å². The Labute approximate surface area is 119 Å². The number of hydrogen-bond acceptors (Lipinski definition) is 5. The molecule has 7 nitrogen and oxygen atoms in total. The van der Waals surface area contributed by atoms with E-state index >= 15 is 0 Å². The Bertz CT molecular complexity index is 535. The number of nitrogens with one attached hydrogen (secondary N) is 3. The number of ether oxygens (including phenoxy) is 1. The monoisotopic (exact) mass is 302 g/mol. The van der Waals surface area contributed by atoms with Gasteiger partial charge in [-0.05, 0) is 33.2 Å². The third kappa shape index (κ3) is 3.57. The molecule has 20 heavy (non-hydrogen) atoms. The molecule has 1 unspecified atom stereocenters. The Morgan fingerprint density at radius 1 is 1.45 bits per heavy atom. The first-order valence-electron chi connectivity index (χ1n) is 6.84. The first-order chi connectivity index (χ1) is 9.54. The molecule has 0 spiro atoms. The Kier molecular flexibility index (Phi) is 5.14. The predicted octanol–water partition coefficient (Wildman–Crippen LogP) is 0.285. The lowest BCUT2D eigenvalue weighted by atomic mass is 10.1. The largest absolute Gasteiger partial charge is 0.377 e. The average molecular weight is 302 g/mol. The number of aromatic nitrogens is 2. The van der Waals surface area contributed by atoms with Gasteiger partial charge < -0.3 is 10.1 Å². The predicted molar refractivity (Wildman–Crippen MR) is 74.9 cm³/mol. The lowest BCUT2D eigenvalue weighted by Gasteiger charge is -2.22. The number of aryl methyl sites for hydroxylation is 1. The van der Waals surface area contributed by atoms with Crippen LogP contribution < -0.4 is 10.0 Å². The number of hydrogen-bond donors (Lipinski definition) is 3. The molecule has 1 aromatic rings. The minimum atomic E-state index is -3.60. The van der Waals surface area contributed by atoms with Gasteiger partial charge in [0.25, 0.3) is 10.0 Å². The van der Waals surface area contributed by atoms with E-state index in [0.717, 1.165) is 25.0 Å². The fourth-order valence-electron chi connectivity index (χ4n) is 2.28. The molecule has 1 atom stereocenters. The topological polar surface area (TPSA) is 96.1 Å². The zero-order valence-corrected chi connectivity index (χ0v) is 12.7. The molecule has 0 aliphatic carbocycles. The number of aromatic amines is 1. The maximum Gasteiger partial charge on any atom is 0.260 e. The Balaban J connectivity index is 2.05. The van der Waals surface area contributed by atoms with Gasteiger partial charge in [0.05, 0.1) is 6.10 Å². The van der Waals surface area contributed by atoms with Crippen LogP contribution in [0.5, 0.6) is 0 Å². The zero-order valence-electron chi connectivity index (χ0n) is 11.9. The summed E-state index contributed by atoms with van der Waals surface area (Å²) in [4.78, 5) is 0. The summed E-state index contributed by atoms with van der Waals surface area (Å²) in [7, 11) is -1.83. The number of H-pyrrole nitrogens is 1. The van der Waals surface area contributed by atoms with E-state index in [-0.39, 0.29) is 11.1 Å². The van der Waals surface area contributed by atoms with E-state index in [1.807, 2.05) is 6.92 Å². The molecule has 1 aliphatic heterocycles. The summed E-state index contributed by atoms with van der Waals surface area (Å²) in [5, 5.41) is 9.66. The molecule has 2 heterocycles. The van der Waals surface area contributed by atoms with Crippen LogP contribution in [0.15, 0.2) is 5.03 Å². The number of nitrogens with zero attached hydrogens (tertiary/aromatic N) is 1. The van der Waals surface area contributed by atoms with Gasteiger partial charge in [-0.3, -0.25) is 5.10 Å². The highest BCUT2D eigenvalue weighted by atomic mass is 32.2. The van der Waals surface area contributed by atoms with Crippen LogP contribution in [0.1, 0.15) is 30.5 Å². The van der Waals surface area contributed by atoms with Gasteiger partial charge in [-0.2, -0.15) is 5.10 Å². The van der Waals surface area contributed by atoms with Gasteiger partial charge in [0.15, 0.2) is 5.03 Å². The van der Waals surface area contributed by atoms with Crippen LogP contribution in [0.2, 0.25) is 0 Å². The summed E-state index contributed by atoms with van der Waals surface area (Å²) < 4.78 is 32.7. The number of rotatable bonds is 6. The van der Waals surface area contributed by atoms with E-state index in [9.17, 15) is 8.42 Å². The summed E-state index contributed by atoms with van der Waals surface area (Å²) in [6, 6.07) is 0. The Hall–Kier alpha value is -0.960. The van der Waals surface area contributed by atoms with Crippen LogP contribution >= 0.6 is 0 Å². The van der Waals surface area contributed by atoms with Crippen LogP contribution in [0, 0.1) is 6.92 Å². The van der Waals surface area contributed by atoms with Crippen LogP contribution in [0.3, 0.4) is 0 Å². The van der Waals surface area contributed by atoms with Gasteiger partial charge in [0, 0.05) is 31.0 Å². The Morgan fingerprint density at radius 3 is 2.90 bits per heavy atom. The van der Waals surface area contributed by atoms with E-state index < -0.39 is 10.0 Å². The molecular weight excluding hydrogens is 280 g/mol. The highest BCUT2D eigenvalue weighted by molar-refractivity contribution is 7.89. The molecule has 0 aromatic carbocycles. The summed E-state index contributed by atoms with van der Waals surface area (Å²) >= 11 is 0. The van der Waals surface area contributed by atoms with Crippen molar-refractivity contribution >= 4 is 10.0 Å². The fourth-order valence-corrected chi connectivity index (χ4v) is 3.53. The van der Waals surface area contributed by atoms with Gasteiger partial charge in [-0.15, -0.1) is 0 Å². The first-order valence-corrected chi connectivity index (χ1v) is 8.32. The third-order valence-corrected chi connectivity index (χ3v) is 4.81. The molecular formula is C12H22N4O3S. The summed E-state index contributed by atoms with van der Waals surface area (Å²) in [5.41, 5.74) is 1.43. The normalized spacial score (nSPS) is 20.2. The molecule has 8 heteroatoms. The minimum absolute atomic E-state index is 0.0358. The molecule has 2 rings (SSSR count). The van der Waals surface area contributed by atoms with Gasteiger partial charge in [0.2, 0.25) is 0 Å². The second-order valence-corrected chi connectivity index (χ2v) is 6.69. The fraction of sp³-hybridized carbons (Fsp3) is 0.750. The molecule has 0 amide bonds.